The molecule has 3 aromatic heterocycles. The van der Waals surface area contributed by atoms with Crippen LogP contribution in [0.4, 0.5) is 5.82 Å². The number of aryl methyl sites for hydroxylation is 1. The minimum absolute atomic E-state index is 0.834. The van der Waals surface area contributed by atoms with Crippen molar-refractivity contribution in [2.24, 2.45) is 0 Å². The van der Waals surface area contributed by atoms with Gasteiger partial charge in [0.2, 0.25) is 0 Å². The van der Waals surface area contributed by atoms with Crippen molar-refractivity contribution in [1.82, 2.24) is 19.6 Å². The van der Waals surface area contributed by atoms with Crippen LogP contribution in [-0.2, 0) is 12.2 Å². The molecule has 0 unspecified atom stereocenters. The Morgan fingerprint density at radius 1 is 1.38 bits per heavy atom. The van der Waals surface area contributed by atoms with Gasteiger partial charge in [0, 0.05) is 41.9 Å². The molecule has 0 atom stereocenters. The number of hydrogen-bond donors (Lipinski definition) is 1. The second-order valence-corrected chi connectivity index (χ2v) is 6.54. The van der Waals surface area contributed by atoms with Crippen molar-refractivity contribution in [2.75, 3.05) is 18.1 Å². The highest BCUT2D eigenvalue weighted by molar-refractivity contribution is 7.97. The lowest BCUT2D eigenvalue weighted by atomic mass is 10.3. The first-order chi connectivity index (χ1) is 10.3. The van der Waals surface area contributed by atoms with E-state index in [9.17, 15) is 0 Å². The number of anilines is 1. The van der Waals surface area contributed by atoms with Crippen LogP contribution in [0.3, 0.4) is 0 Å². The average Bonchev–Trinajstić information content (AvgIpc) is 3.08. The number of fused-ring (bicyclic) bond motifs is 1. The molecule has 3 rings (SSSR count). The molecule has 0 radical (unpaired) electrons. The van der Waals surface area contributed by atoms with Gasteiger partial charge >= 0.3 is 0 Å². The molecule has 0 aromatic carbocycles. The Bertz CT molecular complexity index is 734. The first kappa shape index (κ1) is 14.3. The second kappa shape index (κ2) is 6.44. The van der Waals surface area contributed by atoms with E-state index in [1.54, 1.807) is 29.3 Å². The van der Waals surface area contributed by atoms with Crippen molar-refractivity contribution in [1.29, 1.82) is 0 Å². The molecule has 0 aliphatic carbocycles. The zero-order valence-electron chi connectivity index (χ0n) is 12.0. The summed E-state index contributed by atoms with van der Waals surface area (Å²) in [6.07, 6.45) is 4.78. The summed E-state index contributed by atoms with van der Waals surface area (Å²) in [5.41, 5.74) is 3.01. The maximum absolute atomic E-state index is 4.62. The molecule has 0 bridgehead atoms. The molecule has 5 nitrogen and oxygen atoms in total. The van der Waals surface area contributed by atoms with E-state index in [4.69, 9.17) is 0 Å². The van der Waals surface area contributed by atoms with Crippen LogP contribution in [0, 0.1) is 6.92 Å². The van der Waals surface area contributed by atoms with E-state index in [2.05, 4.69) is 32.0 Å². The summed E-state index contributed by atoms with van der Waals surface area (Å²) in [6.45, 7) is 2.83. The molecule has 110 valence electrons. The third-order valence-corrected chi connectivity index (χ3v) is 4.68. The Labute approximate surface area is 131 Å². The van der Waals surface area contributed by atoms with E-state index in [1.165, 1.54) is 5.01 Å². The maximum atomic E-state index is 4.62. The average molecular weight is 319 g/mol. The van der Waals surface area contributed by atoms with Crippen LogP contribution in [0.2, 0.25) is 0 Å². The van der Waals surface area contributed by atoms with Crippen LogP contribution >= 0.6 is 23.1 Å². The molecular formula is C14H17N5S2. The number of thioether (sulfide) groups is 1. The predicted octanol–water partition coefficient (Wildman–Crippen LogP) is 3.01. The van der Waals surface area contributed by atoms with Crippen molar-refractivity contribution in [3.8, 4) is 0 Å². The SMILES string of the molecule is CSCc1nc(CCNc2cc(C)nc3ccnn23)cs1. The van der Waals surface area contributed by atoms with Gasteiger partial charge in [-0.15, -0.1) is 11.3 Å². The minimum atomic E-state index is 0.834. The monoisotopic (exact) mass is 319 g/mol. The Morgan fingerprint density at radius 2 is 2.29 bits per heavy atom. The summed E-state index contributed by atoms with van der Waals surface area (Å²) in [6, 6.07) is 3.92. The Hall–Kier alpha value is -1.60. The van der Waals surface area contributed by atoms with Crippen LogP contribution in [0.1, 0.15) is 16.4 Å². The van der Waals surface area contributed by atoms with Crippen molar-refractivity contribution >= 4 is 34.6 Å². The van der Waals surface area contributed by atoms with Gasteiger partial charge < -0.3 is 5.32 Å². The molecular weight excluding hydrogens is 302 g/mol. The zero-order valence-corrected chi connectivity index (χ0v) is 13.7. The summed E-state index contributed by atoms with van der Waals surface area (Å²) >= 11 is 3.55. The fraction of sp³-hybridized carbons (Fsp3) is 0.357. The fourth-order valence-corrected chi connectivity index (χ4v) is 3.69. The molecule has 0 saturated heterocycles. The number of rotatable bonds is 6. The van der Waals surface area contributed by atoms with E-state index in [0.29, 0.717) is 0 Å². The number of aromatic nitrogens is 4. The number of thiazole rings is 1. The van der Waals surface area contributed by atoms with Crippen molar-refractivity contribution in [3.63, 3.8) is 0 Å². The van der Waals surface area contributed by atoms with Crippen molar-refractivity contribution < 1.29 is 0 Å². The Kier molecular flexibility index (Phi) is 4.40. The maximum Gasteiger partial charge on any atom is 0.157 e. The Morgan fingerprint density at radius 3 is 3.14 bits per heavy atom. The molecule has 7 heteroatoms. The summed E-state index contributed by atoms with van der Waals surface area (Å²) < 4.78 is 1.83. The Balaban J connectivity index is 1.64. The van der Waals surface area contributed by atoms with E-state index in [-0.39, 0.29) is 0 Å². The van der Waals surface area contributed by atoms with Gasteiger partial charge in [0.15, 0.2) is 5.65 Å². The lowest BCUT2D eigenvalue weighted by Gasteiger charge is -2.08. The van der Waals surface area contributed by atoms with Crippen LogP contribution in [-0.4, -0.2) is 32.4 Å². The lowest BCUT2D eigenvalue weighted by molar-refractivity contribution is 0.897. The third kappa shape index (κ3) is 3.36. The lowest BCUT2D eigenvalue weighted by Crippen LogP contribution is -2.10. The van der Waals surface area contributed by atoms with Crippen LogP contribution in [0.5, 0.6) is 0 Å². The van der Waals surface area contributed by atoms with E-state index >= 15 is 0 Å². The van der Waals surface area contributed by atoms with E-state index in [0.717, 1.165) is 41.6 Å². The number of hydrogen-bond acceptors (Lipinski definition) is 6. The van der Waals surface area contributed by atoms with Gasteiger partial charge in [-0.25, -0.2) is 9.97 Å². The van der Waals surface area contributed by atoms with Crippen molar-refractivity contribution in [2.45, 2.75) is 19.1 Å². The van der Waals surface area contributed by atoms with E-state index < -0.39 is 0 Å². The molecule has 3 heterocycles. The van der Waals surface area contributed by atoms with E-state index in [1.807, 2.05) is 23.6 Å². The highest BCUT2D eigenvalue weighted by Crippen LogP contribution is 2.16. The van der Waals surface area contributed by atoms with Gasteiger partial charge in [-0.05, 0) is 13.2 Å². The van der Waals surface area contributed by atoms with Crippen molar-refractivity contribution in [3.05, 3.63) is 40.1 Å². The van der Waals surface area contributed by atoms with Gasteiger partial charge in [-0.3, -0.25) is 0 Å². The van der Waals surface area contributed by atoms with Crippen LogP contribution in [0.15, 0.2) is 23.7 Å². The molecule has 3 aromatic rings. The third-order valence-electron chi connectivity index (χ3n) is 3.04. The molecule has 0 fully saturated rings. The summed E-state index contributed by atoms with van der Waals surface area (Å²) in [5, 5.41) is 11.1. The molecule has 0 saturated carbocycles. The molecule has 1 N–H and O–H groups in total. The van der Waals surface area contributed by atoms with Gasteiger partial charge in [0.1, 0.15) is 10.8 Å². The normalized spacial score (nSPS) is 11.1. The summed E-state index contributed by atoms with van der Waals surface area (Å²) in [4.78, 5) is 9.06. The first-order valence-corrected chi connectivity index (χ1v) is 9.01. The number of nitrogens with one attached hydrogen (secondary N) is 1. The van der Waals surface area contributed by atoms with Crippen LogP contribution < -0.4 is 5.32 Å². The summed E-state index contributed by atoms with van der Waals surface area (Å²) in [7, 11) is 0. The molecule has 21 heavy (non-hydrogen) atoms. The fourth-order valence-electron chi connectivity index (χ4n) is 2.14. The molecule has 0 aliphatic heterocycles. The number of nitrogens with zero attached hydrogens (tertiary/aromatic N) is 4. The smallest absolute Gasteiger partial charge is 0.157 e. The standard InChI is InChI=1S/C14H17N5S2/c1-10-7-13(19-12(17-10)4-6-16-19)15-5-3-11-8-21-14(18-11)9-20-2/h4,6-8,15H,3,5,9H2,1-2H3. The van der Waals surface area contributed by atoms with Gasteiger partial charge in [0.05, 0.1) is 11.9 Å². The zero-order chi connectivity index (χ0) is 14.7. The molecule has 0 aliphatic rings. The molecule has 0 spiro atoms. The van der Waals surface area contributed by atoms with Crippen LogP contribution in [0.25, 0.3) is 5.65 Å². The molecule has 0 amide bonds. The quantitative estimate of drug-likeness (QED) is 0.757. The highest BCUT2D eigenvalue weighted by Gasteiger charge is 2.05. The predicted molar refractivity (Wildman–Crippen MR) is 89.3 cm³/mol. The van der Waals surface area contributed by atoms with Gasteiger partial charge in [-0.1, -0.05) is 0 Å². The van der Waals surface area contributed by atoms with Gasteiger partial charge in [-0.2, -0.15) is 21.4 Å². The minimum Gasteiger partial charge on any atom is -0.370 e. The topological polar surface area (TPSA) is 55.1 Å². The largest absolute Gasteiger partial charge is 0.370 e. The summed E-state index contributed by atoms with van der Waals surface area (Å²) in [5.74, 6) is 1.97. The first-order valence-electron chi connectivity index (χ1n) is 6.74. The highest BCUT2D eigenvalue weighted by atomic mass is 32.2. The van der Waals surface area contributed by atoms with Gasteiger partial charge in [0.25, 0.3) is 0 Å². The second-order valence-electron chi connectivity index (χ2n) is 4.73.